The van der Waals surface area contributed by atoms with Crippen LogP contribution in [0, 0.1) is 0 Å². The van der Waals surface area contributed by atoms with Crippen molar-refractivity contribution in [1.82, 2.24) is 0 Å². The Morgan fingerprint density at radius 2 is 0.567 bits per heavy atom. The molecule has 3 rings (SSSR count). The second kappa shape index (κ2) is 14.0. The van der Waals surface area contributed by atoms with Crippen LogP contribution in [0.25, 0.3) is 0 Å². The Labute approximate surface area is 233 Å². The van der Waals surface area contributed by atoms with Crippen LogP contribution >= 0.6 is 139 Å². The van der Waals surface area contributed by atoms with Gasteiger partial charge in [0.05, 0.1) is 20.1 Å². The fourth-order valence-corrected chi connectivity index (χ4v) is 2.19. The zero-order valence-corrected chi connectivity index (χ0v) is 23.0. The fourth-order valence-electron chi connectivity index (χ4n) is 1.58. The highest BCUT2D eigenvalue weighted by Gasteiger charge is 2.22. The van der Waals surface area contributed by atoms with Crippen LogP contribution in [0.3, 0.4) is 0 Å². The number of fused-ring (bicyclic) bond motifs is 2. The van der Waals surface area contributed by atoms with Crippen molar-refractivity contribution in [3.05, 3.63) is 44.4 Å². The molecule has 0 aromatic heterocycles. The third-order valence-electron chi connectivity index (χ3n) is 2.79. The van der Waals surface area contributed by atoms with Crippen LogP contribution in [0.15, 0.2) is 24.3 Å². The van der Waals surface area contributed by atoms with Crippen LogP contribution in [0.2, 0.25) is 20.1 Å². The van der Waals surface area contributed by atoms with Gasteiger partial charge in [-0.05, 0) is 0 Å². The van der Waals surface area contributed by atoms with Gasteiger partial charge in [0, 0.05) is 24.3 Å². The third-order valence-corrected chi connectivity index (χ3v) is 7.29. The highest BCUT2D eigenvalue weighted by Crippen LogP contribution is 2.49. The molecule has 1 aliphatic heterocycles. The van der Waals surface area contributed by atoms with Crippen LogP contribution in [0.4, 0.5) is 0 Å². The Kier molecular flexibility index (Phi) is 13.8. The number of rotatable bonds is 2. The Balaban J connectivity index is 0.000000312. The van der Waals surface area contributed by atoms with Crippen molar-refractivity contribution in [3.63, 3.8) is 0 Å². The van der Waals surface area contributed by atoms with Crippen LogP contribution in [-0.2, 0) is 0 Å². The number of hydrogen-bond acceptors (Lipinski definition) is 2. The first-order valence-electron chi connectivity index (χ1n) is 7.29. The van der Waals surface area contributed by atoms with Gasteiger partial charge in [-0.2, -0.15) is 0 Å². The van der Waals surface area contributed by atoms with Gasteiger partial charge in [-0.1, -0.05) is 46.4 Å². The van der Waals surface area contributed by atoms with E-state index in [9.17, 15) is 0 Å². The lowest BCUT2D eigenvalue weighted by Crippen LogP contribution is -1.99. The Bertz CT molecular complexity index is 706. The fraction of sp³-hybridized carbons (Fsp3) is 0.250. The van der Waals surface area contributed by atoms with Crippen molar-refractivity contribution in [3.8, 4) is 23.0 Å². The van der Waals surface area contributed by atoms with Crippen molar-refractivity contribution in [2.75, 3.05) is 0 Å². The van der Waals surface area contributed by atoms with Gasteiger partial charge in [-0.15, -0.1) is 92.8 Å². The van der Waals surface area contributed by atoms with Gasteiger partial charge < -0.3 is 9.47 Å². The molecule has 30 heavy (non-hydrogen) atoms. The number of hydrogen-bond donors (Lipinski definition) is 0. The molecule has 2 aromatic rings. The molecule has 1 aliphatic rings. The molecule has 0 aliphatic carbocycles. The summed E-state index contributed by atoms with van der Waals surface area (Å²) in [4.78, 5) is -2.69. The molecule has 0 bridgehead atoms. The van der Waals surface area contributed by atoms with Crippen molar-refractivity contribution in [2.45, 2.75) is 19.3 Å². The number of alkyl halides is 8. The summed E-state index contributed by atoms with van der Waals surface area (Å²) in [6, 6.07) is 6.35. The van der Waals surface area contributed by atoms with Crippen molar-refractivity contribution >= 4 is 139 Å². The van der Waals surface area contributed by atoms with E-state index >= 15 is 0 Å². The first-order chi connectivity index (χ1) is 13.8. The molecule has 0 unspecified atom stereocenters. The first kappa shape index (κ1) is 29.6. The van der Waals surface area contributed by atoms with Crippen LogP contribution in [0.1, 0.15) is 0 Å². The minimum absolute atomic E-state index is 0.391. The quantitative estimate of drug-likeness (QED) is 0.255. The van der Waals surface area contributed by atoms with Crippen LogP contribution in [-0.4, -0.2) is 19.3 Å². The molecule has 0 saturated heterocycles. The molecule has 0 N–H and O–H groups in total. The number of ether oxygens (including phenoxy) is 2. The monoisotopic (exact) mass is 652 g/mol. The van der Waals surface area contributed by atoms with Gasteiger partial charge >= 0.3 is 0 Å². The average molecular weight is 658 g/mol. The first-order valence-corrected chi connectivity index (χ1v) is 12.3. The molecule has 0 saturated carbocycles. The van der Waals surface area contributed by atoms with E-state index in [0.29, 0.717) is 43.1 Å². The van der Waals surface area contributed by atoms with Gasteiger partial charge in [0.15, 0.2) is 23.0 Å². The van der Waals surface area contributed by atoms with E-state index in [4.69, 9.17) is 149 Å². The van der Waals surface area contributed by atoms with Crippen LogP contribution < -0.4 is 9.47 Å². The minimum Gasteiger partial charge on any atom is -0.449 e. The predicted molar refractivity (Wildman–Crippen MR) is 135 cm³/mol. The maximum atomic E-state index is 5.91. The highest BCUT2D eigenvalue weighted by molar-refractivity contribution is 6.57. The molecule has 1 heterocycles. The van der Waals surface area contributed by atoms with Crippen molar-refractivity contribution in [1.29, 1.82) is 0 Å². The topological polar surface area (TPSA) is 18.5 Å². The van der Waals surface area contributed by atoms with E-state index < -0.39 is 19.3 Å². The summed E-state index contributed by atoms with van der Waals surface area (Å²) in [5, 5.41) is 1.56. The lowest BCUT2D eigenvalue weighted by molar-refractivity contribution is 0.359. The Morgan fingerprint density at radius 3 is 0.700 bits per heavy atom. The molecular formula is C16H8Cl12O2. The molecule has 2 nitrogen and oxygen atoms in total. The average Bonchev–Trinajstić information content (AvgIpc) is 2.63. The summed E-state index contributed by atoms with van der Waals surface area (Å²) in [7, 11) is 0. The van der Waals surface area contributed by atoms with Gasteiger partial charge in [-0.3, -0.25) is 0 Å². The Morgan fingerprint density at radius 1 is 0.400 bits per heavy atom. The smallest absolute Gasteiger partial charge is 0.171 e. The zero-order chi connectivity index (χ0) is 23.2. The summed E-state index contributed by atoms with van der Waals surface area (Å²) in [6.07, 6.45) is 0. The second-order valence-electron chi connectivity index (χ2n) is 4.97. The SMILES string of the molecule is ClC(Cl)C(Cl)Cl.ClC(Cl)C(Cl)Cl.Clc1cc2c(cc1Cl)Oc1cc(Cl)c(Cl)cc1O2. The predicted octanol–water partition coefficient (Wildman–Crippen LogP) is 11.4. The normalized spacial score (nSPS) is 11.7. The largest absolute Gasteiger partial charge is 0.449 e. The minimum atomic E-state index is -0.673. The lowest BCUT2D eigenvalue weighted by Gasteiger charge is -2.21. The van der Waals surface area contributed by atoms with E-state index in [-0.39, 0.29) is 0 Å². The molecule has 0 fully saturated rings. The highest BCUT2D eigenvalue weighted by atomic mass is 35.6. The van der Waals surface area contributed by atoms with Crippen LogP contribution in [0.5, 0.6) is 23.0 Å². The van der Waals surface area contributed by atoms with E-state index in [0.717, 1.165) is 0 Å². The van der Waals surface area contributed by atoms with E-state index in [1.54, 1.807) is 24.3 Å². The van der Waals surface area contributed by atoms with Gasteiger partial charge in [0.25, 0.3) is 0 Å². The second-order valence-corrected chi connectivity index (χ2v) is 11.3. The number of halogens is 12. The summed E-state index contributed by atoms with van der Waals surface area (Å²) >= 11 is 64.6. The zero-order valence-electron chi connectivity index (χ0n) is 14.0. The molecule has 168 valence electrons. The van der Waals surface area contributed by atoms with E-state index in [1.165, 1.54) is 0 Å². The number of benzene rings is 2. The summed E-state index contributed by atoms with van der Waals surface area (Å²) in [5.74, 6) is 1.93. The molecule has 0 radical (unpaired) electrons. The lowest BCUT2D eigenvalue weighted by atomic mass is 10.2. The molecule has 0 amide bonds. The third kappa shape index (κ3) is 9.79. The molecule has 0 spiro atoms. The Hall–Kier alpha value is 1.52. The molecule has 2 aromatic carbocycles. The molecule has 0 atom stereocenters. The van der Waals surface area contributed by atoms with Crippen molar-refractivity contribution in [2.24, 2.45) is 0 Å². The van der Waals surface area contributed by atoms with Crippen molar-refractivity contribution < 1.29 is 9.47 Å². The summed E-state index contributed by atoms with van der Waals surface area (Å²) in [5.41, 5.74) is 0. The van der Waals surface area contributed by atoms with Gasteiger partial charge in [0.2, 0.25) is 0 Å². The van der Waals surface area contributed by atoms with E-state index in [2.05, 4.69) is 0 Å². The van der Waals surface area contributed by atoms with Gasteiger partial charge in [0.1, 0.15) is 19.3 Å². The summed E-state index contributed by atoms with van der Waals surface area (Å²) < 4.78 is 11.3. The standard InChI is InChI=1S/C12H4Cl4O2.2C2H2Cl4/c13-5-1-9-10(2-6(5)14)18-12-4-8(16)7(15)3-11(12)17-9;2*3-1(4)2(5)6/h1-4H;2*1-2H. The molecular weight excluding hydrogens is 650 g/mol. The maximum Gasteiger partial charge on any atom is 0.171 e. The van der Waals surface area contributed by atoms with E-state index in [1.807, 2.05) is 0 Å². The summed E-state index contributed by atoms with van der Waals surface area (Å²) in [6.45, 7) is 0. The maximum absolute atomic E-state index is 5.91. The van der Waals surface area contributed by atoms with Gasteiger partial charge in [-0.25, -0.2) is 0 Å². The molecule has 14 heteroatoms.